The van der Waals surface area contributed by atoms with Crippen LogP contribution < -0.4 is 0 Å². The van der Waals surface area contributed by atoms with Gasteiger partial charge in [-0.3, -0.25) is 0 Å². The summed E-state index contributed by atoms with van der Waals surface area (Å²) in [5, 5.41) is 0. The van der Waals surface area contributed by atoms with E-state index < -0.39 is 16.3 Å². The summed E-state index contributed by atoms with van der Waals surface area (Å²) in [7, 11) is -3.63. The van der Waals surface area contributed by atoms with Crippen molar-refractivity contribution in [3.05, 3.63) is 59.7 Å². The molecule has 1 fully saturated rings. The zero-order valence-corrected chi connectivity index (χ0v) is 14.8. The summed E-state index contributed by atoms with van der Waals surface area (Å²) in [4.78, 5) is 0. The Bertz CT molecular complexity index is 859. The number of nitrogens with zero attached hydrogens (tertiary/aromatic N) is 3. The molecule has 0 saturated carbocycles. The van der Waals surface area contributed by atoms with Crippen molar-refractivity contribution < 1.29 is 12.8 Å². The van der Waals surface area contributed by atoms with Crippen molar-refractivity contribution in [1.29, 1.82) is 0 Å². The average molecular weight is 363 g/mol. The quantitative estimate of drug-likeness (QED) is 0.842. The van der Waals surface area contributed by atoms with Gasteiger partial charge in [-0.15, -0.1) is 0 Å². The van der Waals surface area contributed by atoms with Gasteiger partial charge < -0.3 is 4.57 Å². The number of rotatable bonds is 3. The van der Waals surface area contributed by atoms with Crippen LogP contribution in [-0.2, 0) is 16.8 Å². The molecule has 3 heterocycles. The summed E-state index contributed by atoms with van der Waals surface area (Å²) >= 11 is 0. The molecule has 0 amide bonds. The topological polar surface area (TPSA) is 45.6 Å². The highest BCUT2D eigenvalue weighted by molar-refractivity contribution is 7.86. The molecule has 134 valence electrons. The molecule has 1 saturated heterocycles. The lowest BCUT2D eigenvalue weighted by Crippen LogP contribution is -2.50. The Kier molecular flexibility index (Phi) is 4.39. The second-order valence-electron chi connectivity index (χ2n) is 6.63. The Morgan fingerprint density at radius 2 is 1.68 bits per heavy atom. The van der Waals surface area contributed by atoms with Crippen molar-refractivity contribution in [2.45, 2.75) is 31.8 Å². The van der Waals surface area contributed by atoms with Crippen molar-refractivity contribution in [1.82, 2.24) is 13.2 Å². The number of hydrogen-bond donors (Lipinski definition) is 0. The molecule has 0 N–H and O–H groups in total. The van der Waals surface area contributed by atoms with E-state index in [0.717, 1.165) is 25.0 Å². The summed E-state index contributed by atoms with van der Waals surface area (Å²) in [6, 6.07) is 9.60. The third-order valence-electron chi connectivity index (χ3n) is 5.13. The fourth-order valence-electron chi connectivity index (χ4n) is 3.87. The first-order valence-electron chi connectivity index (χ1n) is 8.75. The Morgan fingerprint density at radius 1 is 0.920 bits per heavy atom. The van der Waals surface area contributed by atoms with Gasteiger partial charge in [0.1, 0.15) is 5.82 Å². The number of hydrogen-bond acceptors (Lipinski definition) is 2. The van der Waals surface area contributed by atoms with Crippen LogP contribution in [0.4, 0.5) is 4.39 Å². The van der Waals surface area contributed by atoms with Crippen LogP contribution in [0.3, 0.4) is 0 Å². The lowest BCUT2D eigenvalue weighted by molar-refractivity contribution is 0.251. The fourth-order valence-corrected chi connectivity index (χ4v) is 5.68. The Morgan fingerprint density at radius 3 is 2.44 bits per heavy atom. The largest absolute Gasteiger partial charge is 0.348 e. The van der Waals surface area contributed by atoms with Gasteiger partial charge in [-0.2, -0.15) is 17.0 Å². The van der Waals surface area contributed by atoms with E-state index >= 15 is 0 Å². The zero-order chi connectivity index (χ0) is 17.4. The minimum atomic E-state index is -3.63. The molecule has 1 unspecified atom stereocenters. The van der Waals surface area contributed by atoms with Gasteiger partial charge in [0.2, 0.25) is 0 Å². The van der Waals surface area contributed by atoms with Crippen molar-refractivity contribution >= 4 is 10.2 Å². The fraction of sp³-hybridized carbons (Fsp3) is 0.444. The highest BCUT2D eigenvalue weighted by atomic mass is 32.2. The SMILES string of the molecule is O=S(=O)(N1CCCCC1)N1CCn2cccc2C1c1ccccc1F. The number of halogens is 1. The van der Waals surface area contributed by atoms with E-state index in [1.807, 2.05) is 22.9 Å². The lowest BCUT2D eigenvalue weighted by atomic mass is 10.0. The first-order chi connectivity index (χ1) is 12.1. The maximum atomic E-state index is 14.5. The Balaban J connectivity index is 1.80. The minimum absolute atomic E-state index is 0.347. The van der Waals surface area contributed by atoms with Crippen molar-refractivity contribution in [3.63, 3.8) is 0 Å². The summed E-state index contributed by atoms with van der Waals surface area (Å²) in [6.45, 7) is 2.02. The second-order valence-corrected chi connectivity index (χ2v) is 8.51. The first kappa shape index (κ1) is 16.8. The highest BCUT2D eigenvalue weighted by Crippen LogP contribution is 2.36. The van der Waals surface area contributed by atoms with Gasteiger partial charge in [-0.1, -0.05) is 24.6 Å². The molecule has 25 heavy (non-hydrogen) atoms. The maximum Gasteiger partial charge on any atom is 0.282 e. The van der Waals surface area contributed by atoms with Gasteiger partial charge in [0.05, 0.1) is 6.04 Å². The molecule has 4 rings (SSSR count). The van der Waals surface area contributed by atoms with E-state index in [9.17, 15) is 12.8 Å². The monoisotopic (exact) mass is 363 g/mol. The molecule has 5 nitrogen and oxygen atoms in total. The van der Waals surface area contributed by atoms with Crippen LogP contribution in [0.15, 0.2) is 42.6 Å². The molecule has 0 bridgehead atoms. The minimum Gasteiger partial charge on any atom is -0.348 e. The molecule has 1 aromatic carbocycles. The van der Waals surface area contributed by atoms with E-state index in [1.54, 1.807) is 22.5 Å². The normalized spacial score (nSPS) is 22.7. The molecule has 1 aromatic heterocycles. The number of benzene rings is 1. The van der Waals surface area contributed by atoms with Gasteiger partial charge in [0, 0.05) is 43.6 Å². The Hall–Kier alpha value is -1.70. The zero-order valence-electron chi connectivity index (χ0n) is 14.0. The molecule has 2 aliphatic rings. The van der Waals surface area contributed by atoms with E-state index in [1.165, 1.54) is 10.4 Å². The predicted octanol–water partition coefficient (Wildman–Crippen LogP) is 2.76. The molecule has 2 aromatic rings. The summed E-state index contributed by atoms with van der Waals surface area (Å²) in [5.74, 6) is -0.374. The third kappa shape index (κ3) is 2.90. The van der Waals surface area contributed by atoms with Gasteiger partial charge in [0.15, 0.2) is 0 Å². The average Bonchev–Trinajstić information content (AvgIpc) is 3.11. The summed E-state index contributed by atoms with van der Waals surface area (Å²) in [5.41, 5.74) is 1.22. The maximum absolute atomic E-state index is 14.5. The van der Waals surface area contributed by atoms with Crippen molar-refractivity contribution in [3.8, 4) is 0 Å². The van der Waals surface area contributed by atoms with Gasteiger partial charge in [-0.05, 0) is 31.0 Å². The van der Waals surface area contributed by atoms with Crippen LogP contribution in [0, 0.1) is 5.82 Å². The van der Waals surface area contributed by atoms with E-state index in [2.05, 4.69) is 0 Å². The number of aromatic nitrogens is 1. The molecular weight excluding hydrogens is 341 g/mol. The summed E-state index contributed by atoms with van der Waals surface area (Å²) in [6.07, 6.45) is 4.75. The van der Waals surface area contributed by atoms with Gasteiger partial charge in [0.25, 0.3) is 10.2 Å². The number of piperidine rings is 1. The lowest BCUT2D eigenvalue weighted by Gasteiger charge is -2.40. The molecular formula is C18H22FN3O2S. The Labute approximate surface area is 147 Å². The standard InChI is InChI=1S/C18H22FN3O2S/c19-16-8-3-2-7-15(16)18-17-9-6-10-20(17)13-14-22(18)25(23,24)21-11-4-1-5-12-21/h2-3,6-10,18H,1,4-5,11-14H2. The molecule has 2 aliphatic heterocycles. The first-order valence-corrected chi connectivity index (χ1v) is 10.1. The molecule has 7 heteroatoms. The predicted molar refractivity (Wildman–Crippen MR) is 93.7 cm³/mol. The van der Waals surface area contributed by atoms with E-state index in [0.29, 0.717) is 31.7 Å². The summed E-state index contributed by atoms with van der Waals surface area (Å²) < 4.78 is 46.2. The van der Waals surface area contributed by atoms with Crippen LogP contribution in [0.5, 0.6) is 0 Å². The molecule has 0 aliphatic carbocycles. The van der Waals surface area contributed by atoms with Crippen LogP contribution >= 0.6 is 0 Å². The van der Waals surface area contributed by atoms with E-state index in [-0.39, 0.29) is 5.82 Å². The van der Waals surface area contributed by atoms with Crippen LogP contribution in [-0.4, -0.2) is 41.2 Å². The van der Waals surface area contributed by atoms with Crippen LogP contribution in [0.1, 0.15) is 36.6 Å². The highest BCUT2D eigenvalue weighted by Gasteiger charge is 2.41. The van der Waals surface area contributed by atoms with Gasteiger partial charge >= 0.3 is 0 Å². The molecule has 1 atom stereocenters. The van der Waals surface area contributed by atoms with Gasteiger partial charge in [-0.25, -0.2) is 4.39 Å². The second kappa shape index (κ2) is 6.55. The van der Waals surface area contributed by atoms with Crippen molar-refractivity contribution in [2.75, 3.05) is 19.6 Å². The molecule has 0 radical (unpaired) electrons. The van der Waals surface area contributed by atoms with Crippen molar-refractivity contribution in [2.24, 2.45) is 0 Å². The van der Waals surface area contributed by atoms with Crippen LogP contribution in [0.25, 0.3) is 0 Å². The number of fused-ring (bicyclic) bond motifs is 1. The smallest absolute Gasteiger partial charge is 0.282 e. The molecule has 0 spiro atoms. The van der Waals surface area contributed by atoms with Crippen LogP contribution in [0.2, 0.25) is 0 Å². The third-order valence-corrected chi connectivity index (χ3v) is 7.14. The van der Waals surface area contributed by atoms with E-state index in [4.69, 9.17) is 0 Å².